The van der Waals surface area contributed by atoms with E-state index in [1.54, 1.807) is 24.0 Å². The number of carbonyl (C=O) groups is 2. The maximum absolute atomic E-state index is 13.0. The van der Waals surface area contributed by atoms with Gasteiger partial charge in [-0.25, -0.2) is 0 Å². The van der Waals surface area contributed by atoms with Gasteiger partial charge in [0.15, 0.2) is 0 Å². The third-order valence-corrected chi connectivity index (χ3v) is 5.62. The minimum atomic E-state index is -0.603. The summed E-state index contributed by atoms with van der Waals surface area (Å²) in [5.41, 5.74) is 0.816. The molecule has 1 unspecified atom stereocenters. The lowest BCUT2D eigenvalue weighted by atomic mass is 10.1. The largest absolute Gasteiger partial charge is 0.494 e. The molecule has 0 aliphatic heterocycles. The summed E-state index contributed by atoms with van der Waals surface area (Å²) < 4.78 is 5.67. The summed E-state index contributed by atoms with van der Waals surface area (Å²) in [6.45, 7) is 5.11. The summed E-state index contributed by atoms with van der Waals surface area (Å²) in [5, 5.41) is 3.78. The van der Waals surface area contributed by atoms with Gasteiger partial charge >= 0.3 is 0 Å². The van der Waals surface area contributed by atoms with Gasteiger partial charge in [0.25, 0.3) is 0 Å². The molecule has 0 aliphatic carbocycles. The Morgan fingerprint density at radius 3 is 2.48 bits per heavy atom. The Hall–Kier alpha value is -2.24. The van der Waals surface area contributed by atoms with Gasteiger partial charge in [0, 0.05) is 19.5 Å². The van der Waals surface area contributed by atoms with Crippen molar-refractivity contribution in [2.45, 2.75) is 52.1 Å². The van der Waals surface area contributed by atoms with E-state index in [-0.39, 0.29) is 24.8 Å². The fourth-order valence-electron chi connectivity index (χ4n) is 3.03. The lowest BCUT2D eigenvalue weighted by molar-refractivity contribution is -0.140. The number of ether oxygens (including phenoxy) is 1. The first kappa shape index (κ1) is 25.0. The van der Waals surface area contributed by atoms with Crippen LogP contribution in [0.15, 0.2) is 48.5 Å². The first-order valence-corrected chi connectivity index (χ1v) is 11.4. The van der Waals surface area contributed by atoms with E-state index in [9.17, 15) is 9.59 Å². The molecule has 0 saturated heterocycles. The summed E-state index contributed by atoms with van der Waals surface area (Å²) in [7, 11) is 0. The van der Waals surface area contributed by atoms with E-state index < -0.39 is 6.04 Å². The van der Waals surface area contributed by atoms with Crippen molar-refractivity contribution < 1.29 is 14.3 Å². The third kappa shape index (κ3) is 8.42. The molecule has 0 spiro atoms. The third-order valence-electron chi connectivity index (χ3n) is 4.88. The number of amides is 2. The highest BCUT2D eigenvalue weighted by Crippen LogP contribution is 2.24. The molecule has 0 heterocycles. The Morgan fingerprint density at radius 2 is 1.81 bits per heavy atom. The molecule has 2 aromatic carbocycles. The number of para-hydroxylation sites is 1. The second-order valence-electron chi connectivity index (χ2n) is 7.36. The zero-order valence-electron chi connectivity index (χ0n) is 18.1. The van der Waals surface area contributed by atoms with E-state index in [2.05, 4.69) is 12.2 Å². The maximum atomic E-state index is 13.0. The standard InChI is InChI=1S/C24H30Cl2N2O3/c1-3-4-14-27-24(30)18(2)28(17-19-12-13-21(25)22(26)16-19)23(29)11-8-15-31-20-9-6-5-7-10-20/h5-7,9-10,12-13,16,18H,3-4,8,11,14-15,17H2,1-2H3,(H,27,30). The molecule has 1 atom stereocenters. The maximum Gasteiger partial charge on any atom is 0.242 e. The Bertz CT molecular complexity index is 846. The van der Waals surface area contributed by atoms with Crippen molar-refractivity contribution in [3.05, 3.63) is 64.1 Å². The summed E-state index contributed by atoms with van der Waals surface area (Å²) in [5.74, 6) is 0.495. The van der Waals surface area contributed by atoms with Crippen LogP contribution in [-0.2, 0) is 16.1 Å². The van der Waals surface area contributed by atoms with Gasteiger partial charge in [0.05, 0.1) is 16.7 Å². The van der Waals surface area contributed by atoms with Gasteiger partial charge in [-0.2, -0.15) is 0 Å². The molecule has 2 amide bonds. The molecule has 7 heteroatoms. The topological polar surface area (TPSA) is 58.6 Å². The summed E-state index contributed by atoms with van der Waals surface area (Å²) in [4.78, 5) is 27.2. The van der Waals surface area contributed by atoms with Crippen LogP contribution in [0, 0.1) is 0 Å². The van der Waals surface area contributed by atoms with Crippen molar-refractivity contribution in [2.24, 2.45) is 0 Å². The zero-order chi connectivity index (χ0) is 22.6. The molecule has 0 aromatic heterocycles. The number of rotatable bonds is 12. The summed E-state index contributed by atoms with van der Waals surface area (Å²) in [6.07, 6.45) is 2.72. The molecule has 0 fully saturated rings. The fraction of sp³-hybridized carbons (Fsp3) is 0.417. The van der Waals surface area contributed by atoms with E-state index in [0.717, 1.165) is 24.2 Å². The quantitative estimate of drug-likeness (QED) is 0.422. The number of nitrogens with zero attached hydrogens (tertiary/aromatic N) is 1. The number of unbranched alkanes of at least 4 members (excludes halogenated alkanes) is 1. The second kappa shape index (κ2) is 13.2. The van der Waals surface area contributed by atoms with Crippen LogP contribution in [0.1, 0.15) is 45.1 Å². The van der Waals surface area contributed by atoms with Gasteiger partial charge in [0.1, 0.15) is 11.8 Å². The monoisotopic (exact) mass is 464 g/mol. The highest BCUT2D eigenvalue weighted by molar-refractivity contribution is 6.42. The van der Waals surface area contributed by atoms with E-state index in [4.69, 9.17) is 27.9 Å². The molecule has 0 radical (unpaired) electrons. The molecule has 2 aromatic rings. The average molecular weight is 465 g/mol. The second-order valence-corrected chi connectivity index (χ2v) is 8.17. The fourth-order valence-corrected chi connectivity index (χ4v) is 3.35. The van der Waals surface area contributed by atoms with Crippen molar-refractivity contribution in [1.82, 2.24) is 10.2 Å². The molecule has 2 rings (SSSR count). The Balaban J connectivity index is 2.01. The number of hydrogen-bond donors (Lipinski definition) is 1. The highest BCUT2D eigenvalue weighted by atomic mass is 35.5. The summed E-state index contributed by atoms with van der Waals surface area (Å²) in [6, 6.07) is 14.1. The van der Waals surface area contributed by atoms with Crippen molar-refractivity contribution in [1.29, 1.82) is 0 Å². The van der Waals surface area contributed by atoms with Crippen molar-refractivity contribution in [3.8, 4) is 5.75 Å². The number of hydrogen-bond acceptors (Lipinski definition) is 3. The lowest BCUT2D eigenvalue weighted by Crippen LogP contribution is -2.47. The summed E-state index contributed by atoms with van der Waals surface area (Å²) >= 11 is 12.1. The smallest absolute Gasteiger partial charge is 0.242 e. The van der Waals surface area contributed by atoms with Crippen molar-refractivity contribution in [2.75, 3.05) is 13.2 Å². The first-order valence-electron chi connectivity index (χ1n) is 10.6. The van der Waals surface area contributed by atoms with Crippen molar-refractivity contribution in [3.63, 3.8) is 0 Å². The molecule has 0 aliphatic rings. The van der Waals surface area contributed by atoms with Gasteiger partial charge in [-0.1, -0.05) is 60.8 Å². The Labute approximate surface area is 194 Å². The van der Waals surface area contributed by atoms with E-state index in [1.165, 1.54) is 0 Å². The van der Waals surface area contributed by atoms with Gasteiger partial charge in [-0.15, -0.1) is 0 Å². The molecule has 5 nitrogen and oxygen atoms in total. The molecule has 168 valence electrons. The zero-order valence-corrected chi connectivity index (χ0v) is 19.6. The molecule has 0 bridgehead atoms. The Morgan fingerprint density at radius 1 is 1.06 bits per heavy atom. The van der Waals surface area contributed by atoms with Crippen LogP contribution in [-0.4, -0.2) is 35.9 Å². The molecular weight excluding hydrogens is 435 g/mol. The lowest BCUT2D eigenvalue weighted by Gasteiger charge is -2.29. The van der Waals surface area contributed by atoms with E-state index in [0.29, 0.717) is 29.6 Å². The van der Waals surface area contributed by atoms with E-state index in [1.807, 2.05) is 36.4 Å². The van der Waals surface area contributed by atoms with Gasteiger partial charge < -0.3 is 15.0 Å². The number of benzene rings is 2. The molecule has 31 heavy (non-hydrogen) atoms. The minimum absolute atomic E-state index is 0.110. The van der Waals surface area contributed by atoms with Crippen LogP contribution in [0.5, 0.6) is 5.75 Å². The van der Waals surface area contributed by atoms with Crippen molar-refractivity contribution >= 4 is 35.0 Å². The predicted molar refractivity (Wildman–Crippen MR) is 126 cm³/mol. The van der Waals surface area contributed by atoms with Gasteiger partial charge in [-0.3, -0.25) is 9.59 Å². The van der Waals surface area contributed by atoms with Crippen LogP contribution in [0.4, 0.5) is 0 Å². The number of nitrogens with one attached hydrogen (secondary N) is 1. The highest BCUT2D eigenvalue weighted by Gasteiger charge is 2.25. The normalized spacial score (nSPS) is 11.6. The van der Waals surface area contributed by atoms with Crippen LogP contribution in [0.25, 0.3) is 0 Å². The number of halogens is 2. The van der Waals surface area contributed by atoms with Crippen LogP contribution in [0.3, 0.4) is 0 Å². The van der Waals surface area contributed by atoms with Crippen LogP contribution >= 0.6 is 23.2 Å². The van der Waals surface area contributed by atoms with Crippen LogP contribution < -0.4 is 10.1 Å². The van der Waals surface area contributed by atoms with Gasteiger partial charge in [-0.05, 0) is 49.6 Å². The molecule has 0 saturated carbocycles. The SMILES string of the molecule is CCCCNC(=O)C(C)N(Cc1ccc(Cl)c(Cl)c1)C(=O)CCCOc1ccccc1. The first-order chi connectivity index (χ1) is 14.9. The minimum Gasteiger partial charge on any atom is -0.494 e. The van der Waals surface area contributed by atoms with E-state index >= 15 is 0 Å². The predicted octanol–water partition coefficient (Wildman–Crippen LogP) is 5.49. The molecular formula is C24H30Cl2N2O3. The van der Waals surface area contributed by atoms with Crippen LogP contribution in [0.2, 0.25) is 10.0 Å². The molecule has 1 N–H and O–H groups in total. The average Bonchev–Trinajstić information content (AvgIpc) is 2.77. The Kier molecular flexibility index (Phi) is 10.7. The van der Waals surface area contributed by atoms with Gasteiger partial charge in [0.2, 0.25) is 11.8 Å². The number of carbonyl (C=O) groups excluding carboxylic acids is 2.